The van der Waals surface area contributed by atoms with Crippen LogP contribution in [0.25, 0.3) is 0 Å². The first-order chi connectivity index (χ1) is 5.38. The van der Waals surface area contributed by atoms with Crippen molar-refractivity contribution in [1.29, 1.82) is 0 Å². The van der Waals surface area contributed by atoms with Gasteiger partial charge in [-0.3, -0.25) is 0 Å². The molecule has 0 bridgehead atoms. The number of nitrogens with one attached hydrogen (secondary N) is 3. The molecule has 1 aromatic rings. The van der Waals surface area contributed by atoms with E-state index in [9.17, 15) is 0 Å². The van der Waals surface area contributed by atoms with Gasteiger partial charge in [0.25, 0.3) is 0 Å². The second-order valence-electron chi connectivity index (χ2n) is 2.17. The molecule has 0 radical (unpaired) electrons. The molecule has 0 aliphatic carbocycles. The number of hydrogen-bond acceptors (Lipinski definition) is 3. The van der Waals surface area contributed by atoms with Crippen LogP contribution >= 0.6 is 0 Å². The monoisotopic (exact) mass is 151 g/mol. The number of hydrazine groups is 1. The van der Waals surface area contributed by atoms with E-state index in [2.05, 4.69) is 16.2 Å². The van der Waals surface area contributed by atoms with Crippen molar-refractivity contribution in [3.63, 3.8) is 0 Å². The average molecular weight is 151 g/mol. The molecule has 0 atom stereocenters. The van der Waals surface area contributed by atoms with Crippen LogP contribution in [0.4, 0.5) is 11.4 Å². The van der Waals surface area contributed by atoms with Gasteiger partial charge >= 0.3 is 0 Å². The molecule has 11 heavy (non-hydrogen) atoms. The summed E-state index contributed by atoms with van der Waals surface area (Å²) in [5.41, 5.74) is 8.02. The Morgan fingerprint density at radius 3 is 2.18 bits per heavy atom. The quantitative estimate of drug-likeness (QED) is 0.569. The van der Waals surface area contributed by atoms with Crippen LogP contribution in [0.5, 0.6) is 0 Å². The highest BCUT2D eigenvalue weighted by molar-refractivity contribution is 5.67. The van der Waals surface area contributed by atoms with Crippen molar-refractivity contribution in [2.75, 3.05) is 24.8 Å². The SMILES string of the molecule is CNNc1ccccc1NC. The Morgan fingerprint density at radius 2 is 1.64 bits per heavy atom. The summed E-state index contributed by atoms with van der Waals surface area (Å²) in [5.74, 6) is 0. The summed E-state index contributed by atoms with van der Waals surface area (Å²) in [4.78, 5) is 0. The molecule has 0 unspecified atom stereocenters. The predicted molar refractivity (Wildman–Crippen MR) is 48.7 cm³/mol. The lowest BCUT2D eigenvalue weighted by atomic mass is 10.3. The molecule has 1 aromatic carbocycles. The van der Waals surface area contributed by atoms with Crippen LogP contribution in [0.3, 0.4) is 0 Å². The van der Waals surface area contributed by atoms with Crippen LogP contribution in [0, 0.1) is 0 Å². The molecule has 0 fully saturated rings. The smallest absolute Gasteiger partial charge is 0.0719 e. The van der Waals surface area contributed by atoms with Gasteiger partial charge in [-0.1, -0.05) is 12.1 Å². The lowest BCUT2D eigenvalue weighted by Crippen LogP contribution is -2.15. The number of para-hydroxylation sites is 2. The standard InChI is InChI=1S/C8H13N3/c1-9-7-5-3-4-6-8(7)11-10-2/h3-6,9-11H,1-2H3. The first kappa shape index (κ1) is 7.88. The Kier molecular flexibility index (Phi) is 2.74. The van der Waals surface area contributed by atoms with Gasteiger partial charge in [-0.05, 0) is 12.1 Å². The minimum absolute atomic E-state index is 1.05. The topological polar surface area (TPSA) is 36.1 Å². The Morgan fingerprint density at radius 1 is 1.00 bits per heavy atom. The summed E-state index contributed by atoms with van der Waals surface area (Å²) in [6, 6.07) is 8.00. The zero-order chi connectivity index (χ0) is 8.10. The summed E-state index contributed by atoms with van der Waals surface area (Å²) < 4.78 is 0. The summed E-state index contributed by atoms with van der Waals surface area (Å²) in [5, 5.41) is 3.08. The number of rotatable bonds is 3. The zero-order valence-electron chi connectivity index (χ0n) is 6.81. The van der Waals surface area contributed by atoms with E-state index in [1.165, 1.54) is 0 Å². The van der Waals surface area contributed by atoms with Crippen LogP contribution < -0.4 is 16.2 Å². The van der Waals surface area contributed by atoms with Gasteiger partial charge in [0.15, 0.2) is 0 Å². The first-order valence-electron chi connectivity index (χ1n) is 3.58. The van der Waals surface area contributed by atoms with Crippen molar-refractivity contribution in [3.8, 4) is 0 Å². The molecule has 3 heteroatoms. The Bertz CT molecular complexity index is 222. The number of hydrogen-bond donors (Lipinski definition) is 3. The highest BCUT2D eigenvalue weighted by Crippen LogP contribution is 2.18. The fourth-order valence-corrected chi connectivity index (χ4v) is 0.945. The molecule has 0 heterocycles. The highest BCUT2D eigenvalue weighted by Gasteiger charge is 1.94. The maximum absolute atomic E-state index is 3.08. The maximum Gasteiger partial charge on any atom is 0.0719 e. The molecular weight excluding hydrogens is 138 g/mol. The zero-order valence-corrected chi connectivity index (χ0v) is 6.81. The Hall–Kier alpha value is -1.22. The Labute approximate surface area is 66.8 Å². The van der Waals surface area contributed by atoms with Crippen LogP contribution in [0.15, 0.2) is 24.3 Å². The number of benzene rings is 1. The minimum atomic E-state index is 1.05. The van der Waals surface area contributed by atoms with E-state index < -0.39 is 0 Å². The molecule has 0 spiro atoms. The minimum Gasteiger partial charge on any atom is -0.386 e. The molecular formula is C8H13N3. The maximum atomic E-state index is 3.08. The van der Waals surface area contributed by atoms with E-state index in [-0.39, 0.29) is 0 Å². The first-order valence-corrected chi connectivity index (χ1v) is 3.58. The Balaban J connectivity index is 2.83. The summed E-state index contributed by atoms with van der Waals surface area (Å²) in [7, 11) is 3.74. The predicted octanol–water partition coefficient (Wildman–Crippen LogP) is 1.27. The molecule has 0 aliphatic heterocycles. The van der Waals surface area contributed by atoms with Gasteiger partial charge in [-0.15, -0.1) is 0 Å². The van der Waals surface area contributed by atoms with Gasteiger partial charge in [0.05, 0.1) is 11.4 Å². The second kappa shape index (κ2) is 3.83. The van der Waals surface area contributed by atoms with Gasteiger partial charge < -0.3 is 10.7 Å². The third kappa shape index (κ3) is 1.85. The normalized spacial score (nSPS) is 9.27. The van der Waals surface area contributed by atoms with E-state index in [0.29, 0.717) is 0 Å². The van der Waals surface area contributed by atoms with Crippen LogP contribution in [-0.4, -0.2) is 14.1 Å². The number of anilines is 2. The fraction of sp³-hybridized carbons (Fsp3) is 0.250. The van der Waals surface area contributed by atoms with Gasteiger partial charge in [0.2, 0.25) is 0 Å². The van der Waals surface area contributed by atoms with Crippen molar-refractivity contribution in [2.45, 2.75) is 0 Å². The average Bonchev–Trinajstić information content (AvgIpc) is 2.06. The van der Waals surface area contributed by atoms with Gasteiger partial charge in [0.1, 0.15) is 0 Å². The van der Waals surface area contributed by atoms with E-state index >= 15 is 0 Å². The lowest BCUT2D eigenvalue weighted by molar-refractivity contribution is 0.984. The molecule has 0 saturated heterocycles. The van der Waals surface area contributed by atoms with Crippen molar-refractivity contribution >= 4 is 11.4 Å². The molecule has 0 aliphatic rings. The fourth-order valence-electron chi connectivity index (χ4n) is 0.945. The lowest BCUT2D eigenvalue weighted by Gasteiger charge is -2.09. The van der Waals surface area contributed by atoms with Gasteiger partial charge in [-0.2, -0.15) is 0 Å². The van der Waals surface area contributed by atoms with Crippen LogP contribution in [0.1, 0.15) is 0 Å². The third-order valence-electron chi connectivity index (χ3n) is 1.46. The molecule has 1 rings (SSSR count). The van der Waals surface area contributed by atoms with Gasteiger partial charge in [-0.25, -0.2) is 5.43 Å². The highest BCUT2D eigenvalue weighted by atomic mass is 15.3. The van der Waals surface area contributed by atoms with E-state index in [0.717, 1.165) is 11.4 Å². The molecule has 60 valence electrons. The molecule has 0 amide bonds. The van der Waals surface area contributed by atoms with Gasteiger partial charge in [0, 0.05) is 14.1 Å². The summed E-state index contributed by atoms with van der Waals surface area (Å²) >= 11 is 0. The molecule has 3 N–H and O–H groups in total. The van der Waals surface area contributed by atoms with E-state index in [1.807, 2.05) is 38.4 Å². The van der Waals surface area contributed by atoms with Crippen molar-refractivity contribution in [2.24, 2.45) is 0 Å². The van der Waals surface area contributed by atoms with Crippen molar-refractivity contribution in [1.82, 2.24) is 5.43 Å². The van der Waals surface area contributed by atoms with Crippen LogP contribution in [0.2, 0.25) is 0 Å². The van der Waals surface area contributed by atoms with E-state index in [4.69, 9.17) is 0 Å². The van der Waals surface area contributed by atoms with Crippen molar-refractivity contribution in [3.05, 3.63) is 24.3 Å². The van der Waals surface area contributed by atoms with Crippen LogP contribution in [-0.2, 0) is 0 Å². The second-order valence-corrected chi connectivity index (χ2v) is 2.17. The largest absolute Gasteiger partial charge is 0.386 e. The summed E-state index contributed by atoms with van der Waals surface area (Å²) in [6.45, 7) is 0. The third-order valence-corrected chi connectivity index (χ3v) is 1.46. The molecule has 3 nitrogen and oxygen atoms in total. The van der Waals surface area contributed by atoms with E-state index in [1.54, 1.807) is 0 Å². The summed E-state index contributed by atoms with van der Waals surface area (Å²) in [6.07, 6.45) is 0. The molecule has 0 saturated carbocycles. The van der Waals surface area contributed by atoms with Crippen molar-refractivity contribution < 1.29 is 0 Å². The molecule has 0 aromatic heterocycles.